The second-order valence-electron chi connectivity index (χ2n) is 6.65. The Bertz CT molecular complexity index is 1110. The van der Waals surface area contributed by atoms with Crippen molar-refractivity contribution in [2.45, 2.75) is 19.9 Å². The van der Waals surface area contributed by atoms with Gasteiger partial charge >= 0.3 is 11.7 Å². The van der Waals surface area contributed by atoms with Gasteiger partial charge in [-0.15, -0.1) is 0 Å². The lowest BCUT2D eigenvalue weighted by molar-refractivity contribution is 0.102. The number of carbonyl (C=O) groups excluding carboxylic acids is 2. The number of nitrogens with one attached hydrogen (secondary N) is 3. The number of amides is 3. The predicted molar refractivity (Wildman–Crippen MR) is 108 cm³/mol. The first-order valence-corrected chi connectivity index (χ1v) is 9.26. The summed E-state index contributed by atoms with van der Waals surface area (Å²) in [6.07, 6.45) is 0.873. The average molecular weight is 379 g/mol. The molecular weight excluding hydrogens is 358 g/mol. The Morgan fingerprint density at radius 1 is 1.18 bits per heavy atom. The smallest absolute Gasteiger partial charge is 0.326 e. The number of H-pyrrole nitrogens is 1. The quantitative estimate of drug-likeness (QED) is 0.649. The number of benzene rings is 2. The fourth-order valence-corrected chi connectivity index (χ4v) is 3.45. The number of imidazole rings is 1. The highest BCUT2D eigenvalue weighted by Gasteiger charge is 2.19. The van der Waals surface area contributed by atoms with Crippen molar-refractivity contribution in [3.05, 3.63) is 58.5 Å². The monoisotopic (exact) mass is 379 g/mol. The molecule has 28 heavy (non-hydrogen) atoms. The SMILES string of the molecule is CCn1c(=O)[nH]c2cc(C(=O)Nc3cccc(N4CCCNC4=O)c3)ccc21. The highest BCUT2D eigenvalue weighted by molar-refractivity contribution is 6.06. The van der Waals surface area contributed by atoms with E-state index in [1.165, 1.54) is 0 Å². The van der Waals surface area contributed by atoms with Crippen LogP contribution in [0.4, 0.5) is 16.2 Å². The molecule has 8 heteroatoms. The van der Waals surface area contributed by atoms with Gasteiger partial charge in [0.25, 0.3) is 5.91 Å². The summed E-state index contributed by atoms with van der Waals surface area (Å²) in [7, 11) is 0. The first-order valence-electron chi connectivity index (χ1n) is 9.26. The number of rotatable bonds is 4. The molecule has 4 rings (SSSR count). The second-order valence-corrected chi connectivity index (χ2v) is 6.65. The minimum Gasteiger partial charge on any atom is -0.338 e. The van der Waals surface area contributed by atoms with Gasteiger partial charge in [0.2, 0.25) is 0 Å². The Balaban J connectivity index is 1.57. The summed E-state index contributed by atoms with van der Waals surface area (Å²) in [6, 6.07) is 12.2. The maximum atomic E-state index is 12.7. The number of fused-ring (bicyclic) bond motifs is 1. The van der Waals surface area contributed by atoms with Crippen molar-refractivity contribution in [2.24, 2.45) is 0 Å². The maximum absolute atomic E-state index is 12.7. The van der Waals surface area contributed by atoms with E-state index in [1.807, 2.05) is 13.0 Å². The molecule has 144 valence electrons. The van der Waals surface area contributed by atoms with Crippen molar-refractivity contribution in [1.82, 2.24) is 14.9 Å². The third-order valence-corrected chi connectivity index (χ3v) is 4.85. The molecule has 8 nitrogen and oxygen atoms in total. The molecule has 2 heterocycles. The van der Waals surface area contributed by atoms with Crippen LogP contribution in [0.25, 0.3) is 11.0 Å². The number of anilines is 2. The third-order valence-electron chi connectivity index (χ3n) is 4.85. The summed E-state index contributed by atoms with van der Waals surface area (Å²) in [4.78, 5) is 41.0. The van der Waals surface area contributed by atoms with Gasteiger partial charge in [-0.05, 0) is 49.7 Å². The van der Waals surface area contributed by atoms with Gasteiger partial charge in [-0.25, -0.2) is 9.59 Å². The number of carbonyl (C=O) groups is 2. The largest absolute Gasteiger partial charge is 0.338 e. The minimum atomic E-state index is -0.285. The van der Waals surface area contributed by atoms with Crippen LogP contribution in [0.2, 0.25) is 0 Å². The fraction of sp³-hybridized carbons (Fsp3) is 0.250. The molecule has 0 radical (unpaired) electrons. The van der Waals surface area contributed by atoms with E-state index in [1.54, 1.807) is 45.9 Å². The van der Waals surface area contributed by atoms with Gasteiger partial charge in [-0.3, -0.25) is 14.3 Å². The van der Waals surface area contributed by atoms with Crippen LogP contribution in [0.15, 0.2) is 47.3 Å². The van der Waals surface area contributed by atoms with E-state index in [2.05, 4.69) is 15.6 Å². The summed E-state index contributed by atoms with van der Waals surface area (Å²) in [5, 5.41) is 5.67. The average Bonchev–Trinajstić information content (AvgIpc) is 3.02. The molecule has 0 bridgehead atoms. The maximum Gasteiger partial charge on any atom is 0.326 e. The number of aromatic nitrogens is 2. The van der Waals surface area contributed by atoms with Crippen LogP contribution >= 0.6 is 0 Å². The highest BCUT2D eigenvalue weighted by atomic mass is 16.2. The van der Waals surface area contributed by atoms with E-state index in [0.29, 0.717) is 36.4 Å². The molecule has 2 aromatic carbocycles. The van der Waals surface area contributed by atoms with Crippen LogP contribution in [-0.2, 0) is 6.54 Å². The minimum absolute atomic E-state index is 0.135. The first kappa shape index (κ1) is 17.8. The van der Waals surface area contributed by atoms with E-state index in [9.17, 15) is 14.4 Å². The molecule has 0 spiro atoms. The summed E-state index contributed by atoms with van der Waals surface area (Å²) >= 11 is 0. The second kappa shape index (κ2) is 7.22. The summed E-state index contributed by atoms with van der Waals surface area (Å²) in [5.41, 5.74) is 2.97. The van der Waals surface area contributed by atoms with Gasteiger partial charge < -0.3 is 15.6 Å². The molecule has 1 saturated heterocycles. The summed E-state index contributed by atoms with van der Waals surface area (Å²) in [5.74, 6) is -0.285. The number of urea groups is 1. The molecule has 0 aliphatic carbocycles. The van der Waals surface area contributed by atoms with Crippen molar-refractivity contribution >= 4 is 34.3 Å². The fourth-order valence-electron chi connectivity index (χ4n) is 3.45. The molecule has 0 saturated carbocycles. The van der Waals surface area contributed by atoms with Gasteiger partial charge in [0, 0.05) is 36.6 Å². The Labute approximate surface area is 161 Å². The lowest BCUT2D eigenvalue weighted by atomic mass is 10.1. The van der Waals surface area contributed by atoms with E-state index in [4.69, 9.17) is 0 Å². The molecule has 0 unspecified atom stereocenters. The zero-order valence-electron chi connectivity index (χ0n) is 15.5. The highest BCUT2D eigenvalue weighted by Crippen LogP contribution is 2.22. The lowest BCUT2D eigenvalue weighted by Crippen LogP contribution is -2.46. The van der Waals surface area contributed by atoms with Crippen LogP contribution in [0.5, 0.6) is 0 Å². The van der Waals surface area contributed by atoms with Crippen LogP contribution in [0.3, 0.4) is 0 Å². The Morgan fingerprint density at radius 2 is 2.04 bits per heavy atom. The summed E-state index contributed by atoms with van der Waals surface area (Å²) in [6.45, 7) is 3.77. The third kappa shape index (κ3) is 3.24. The van der Waals surface area contributed by atoms with Gasteiger partial charge in [-0.1, -0.05) is 6.07 Å². The Kier molecular flexibility index (Phi) is 4.60. The zero-order chi connectivity index (χ0) is 19.7. The lowest BCUT2D eigenvalue weighted by Gasteiger charge is -2.27. The molecule has 3 aromatic rings. The van der Waals surface area contributed by atoms with E-state index in [-0.39, 0.29) is 17.6 Å². The summed E-state index contributed by atoms with van der Waals surface area (Å²) < 4.78 is 1.62. The molecule has 1 aromatic heterocycles. The van der Waals surface area contributed by atoms with Crippen molar-refractivity contribution in [3.63, 3.8) is 0 Å². The molecule has 3 amide bonds. The number of aryl methyl sites for hydroxylation is 1. The van der Waals surface area contributed by atoms with Gasteiger partial charge in [0.05, 0.1) is 11.0 Å². The van der Waals surface area contributed by atoms with Crippen molar-refractivity contribution in [3.8, 4) is 0 Å². The molecular formula is C20H21N5O3. The van der Waals surface area contributed by atoms with Crippen molar-refractivity contribution in [2.75, 3.05) is 23.3 Å². The molecule has 1 aliphatic rings. The van der Waals surface area contributed by atoms with E-state index >= 15 is 0 Å². The van der Waals surface area contributed by atoms with Crippen LogP contribution in [-0.4, -0.2) is 34.6 Å². The molecule has 3 N–H and O–H groups in total. The molecule has 1 fully saturated rings. The number of aromatic amines is 1. The number of hydrogen-bond donors (Lipinski definition) is 3. The normalized spacial score (nSPS) is 14.2. The Hall–Kier alpha value is -3.55. The van der Waals surface area contributed by atoms with Crippen LogP contribution in [0, 0.1) is 0 Å². The van der Waals surface area contributed by atoms with Gasteiger partial charge in [-0.2, -0.15) is 0 Å². The van der Waals surface area contributed by atoms with Crippen LogP contribution < -0.4 is 21.2 Å². The van der Waals surface area contributed by atoms with Crippen molar-refractivity contribution < 1.29 is 9.59 Å². The van der Waals surface area contributed by atoms with Crippen LogP contribution in [0.1, 0.15) is 23.7 Å². The first-order chi connectivity index (χ1) is 13.6. The molecule has 0 atom stereocenters. The standard InChI is InChI=1S/C20H21N5O3/c1-2-24-17-8-7-13(11-16(17)23-20(24)28)18(26)22-14-5-3-6-15(12-14)25-10-4-9-21-19(25)27/h3,5-8,11-12H,2,4,9-10H2,1H3,(H,21,27)(H,22,26)(H,23,28). The Morgan fingerprint density at radius 3 is 2.82 bits per heavy atom. The van der Waals surface area contributed by atoms with E-state index in [0.717, 1.165) is 17.6 Å². The van der Waals surface area contributed by atoms with Gasteiger partial charge in [0.15, 0.2) is 0 Å². The number of hydrogen-bond acceptors (Lipinski definition) is 3. The zero-order valence-corrected chi connectivity index (χ0v) is 15.5. The van der Waals surface area contributed by atoms with Gasteiger partial charge in [0.1, 0.15) is 0 Å². The predicted octanol–water partition coefficient (Wildman–Crippen LogP) is 2.52. The topological polar surface area (TPSA) is 99.2 Å². The van der Waals surface area contributed by atoms with Crippen molar-refractivity contribution in [1.29, 1.82) is 0 Å². The molecule has 1 aliphatic heterocycles. The number of nitrogens with zero attached hydrogens (tertiary/aromatic N) is 2. The van der Waals surface area contributed by atoms with E-state index < -0.39 is 0 Å².